The molecule has 2 rings (SSSR count). The smallest absolute Gasteiger partial charge is 0.0132 e. The van der Waals surface area contributed by atoms with Crippen LogP contribution < -0.4 is 0 Å². The SMILES string of the molecule is Cc1ccc(C(C)C)cc1-c1cc(C(C)(C)C)ccc1C. The van der Waals surface area contributed by atoms with Gasteiger partial charge in [-0.15, -0.1) is 0 Å². The summed E-state index contributed by atoms with van der Waals surface area (Å²) >= 11 is 0. The van der Waals surface area contributed by atoms with Crippen LogP contribution >= 0.6 is 0 Å². The van der Waals surface area contributed by atoms with Crippen LogP contribution in [0.1, 0.15) is 62.8 Å². The van der Waals surface area contributed by atoms with E-state index < -0.39 is 0 Å². The third-order valence-electron chi connectivity index (χ3n) is 4.32. The van der Waals surface area contributed by atoms with Crippen molar-refractivity contribution in [1.29, 1.82) is 0 Å². The summed E-state index contributed by atoms with van der Waals surface area (Å²) in [4.78, 5) is 0. The lowest BCUT2D eigenvalue weighted by Crippen LogP contribution is -2.11. The molecule has 0 aliphatic carbocycles. The molecule has 0 nitrogen and oxygen atoms in total. The average molecular weight is 280 g/mol. The van der Waals surface area contributed by atoms with E-state index in [1.807, 2.05) is 0 Å². The monoisotopic (exact) mass is 280 g/mol. The quantitative estimate of drug-likeness (QED) is 0.597. The first-order valence-electron chi connectivity index (χ1n) is 7.92. The minimum absolute atomic E-state index is 0.187. The summed E-state index contributed by atoms with van der Waals surface area (Å²) in [6, 6.07) is 13.8. The van der Waals surface area contributed by atoms with Crippen molar-refractivity contribution >= 4 is 0 Å². The predicted octanol–water partition coefficient (Wildman–Crippen LogP) is 6.39. The van der Waals surface area contributed by atoms with E-state index in [0.717, 1.165) is 0 Å². The highest BCUT2D eigenvalue weighted by Crippen LogP contribution is 2.33. The molecule has 112 valence electrons. The standard InChI is InChI=1S/C21H28/c1-14(2)17-10-8-15(3)19(12-17)20-13-18(21(5,6)7)11-9-16(20)4/h8-14H,1-7H3. The number of hydrogen-bond donors (Lipinski definition) is 0. The van der Waals surface area contributed by atoms with Crippen molar-refractivity contribution in [2.75, 3.05) is 0 Å². The topological polar surface area (TPSA) is 0 Å². The fraction of sp³-hybridized carbons (Fsp3) is 0.429. The molecule has 0 heteroatoms. The van der Waals surface area contributed by atoms with Crippen molar-refractivity contribution in [3.63, 3.8) is 0 Å². The van der Waals surface area contributed by atoms with Crippen molar-refractivity contribution in [3.8, 4) is 11.1 Å². The molecule has 2 aromatic rings. The van der Waals surface area contributed by atoms with E-state index in [1.54, 1.807) is 0 Å². The summed E-state index contributed by atoms with van der Waals surface area (Å²) in [5.74, 6) is 0.565. The number of rotatable bonds is 2. The maximum absolute atomic E-state index is 2.38. The molecule has 0 aromatic heterocycles. The van der Waals surface area contributed by atoms with Crippen LogP contribution in [-0.2, 0) is 5.41 Å². The van der Waals surface area contributed by atoms with E-state index >= 15 is 0 Å². The van der Waals surface area contributed by atoms with Crippen LogP contribution in [0, 0.1) is 13.8 Å². The second-order valence-corrected chi connectivity index (χ2v) is 7.51. The van der Waals surface area contributed by atoms with Crippen LogP contribution in [0.5, 0.6) is 0 Å². The highest BCUT2D eigenvalue weighted by Gasteiger charge is 2.16. The number of hydrogen-bond acceptors (Lipinski definition) is 0. The van der Waals surface area contributed by atoms with Crippen molar-refractivity contribution < 1.29 is 0 Å². The molecular weight excluding hydrogens is 252 g/mol. The maximum Gasteiger partial charge on any atom is -0.0132 e. The first-order valence-corrected chi connectivity index (χ1v) is 7.92. The Kier molecular flexibility index (Phi) is 4.27. The molecule has 21 heavy (non-hydrogen) atoms. The normalized spacial score (nSPS) is 12.0. The molecule has 0 aliphatic rings. The van der Waals surface area contributed by atoms with Gasteiger partial charge in [-0.1, -0.05) is 71.0 Å². The summed E-state index contributed by atoms with van der Waals surface area (Å²) in [6.45, 7) is 15.8. The third kappa shape index (κ3) is 3.37. The minimum atomic E-state index is 0.187. The first kappa shape index (κ1) is 15.8. The Hall–Kier alpha value is -1.56. The second kappa shape index (κ2) is 5.67. The molecule has 0 radical (unpaired) electrons. The molecule has 0 spiro atoms. The van der Waals surface area contributed by atoms with Gasteiger partial charge in [0.2, 0.25) is 0 Å². The van der Waals surface area contributed by atoms with Crippen molar-refractivity contribution in [2.45, 2.75) is 59.8 Å². The van der Waals surface area contributed by atoms with Crippen LogP contribution in [0.15, 0.2) is 36.4 Å². The molecule has 0 unspecified atom stereocenters. The van der Waals surface area contributed by atoms with Crippen LogP contribution in [0.3, 0.4) is 0 Å². The third-order valence-corrected chi connectivity index (χ3v) is 4.32. The zero-order valence-corrected chi connectivity index (χ0v) is 14.5. The van der Waals surface area contributed by atoms with Gasteiger partial charge in [-0.25, -0.2) is 0 Å². The van der Waals surface area contributed by atoms with Gasteiger partial charge >= 0.3 is 0 Å². The van der Waals surface area contributed by atoms with E-state index in [0.29, 0.717) is 5.92 Å². The number of benzene rings is 2. The van der Waals surface area contributed by atoms with Crippen molar-refractivity contribution in [1.82, 2.24) is 0 Å². The lowest BCUT2D eigenvalue weighted by molar-refractivity contribution is 0.590. The molecule has 0 aliphatic heterocycles. The van der Waals surface area contributed by atoms with Crippen molar-refractivity contribution in [3.05, 3.63) is 58.7 Å². The molecular formula is C21H28. The van der Waals surface area contributed by atoms with Gasteiger partial charge in [-0.2, -0.15) is 0 Å². The number of aryl methyl sites for hydroxylation is 2. The molecule has 0 bridgehead atoms. The predicted molar refractivity (Wildman–Crippen MR) is 94.1 cm³/mol. The lowest BCUT2D eigenvalue weighted by Gasteiger charge is -2.22. The highest BCUT2D eigenvalue weighted by molar-refractivity contribution is 5.72. The Bertz CT molecular complexity index is 640. The summed E-state index contributed by atoms with van der Waals surface area (Å²) in [5, 5.41) is 0. The van der Waals surface area contributed by atoms with Crippen molar-refractivity contribution in [2.24, 2.45) is 0 Å². The minimum Gasteiger partial charge on any atom is -0.0587 e. The van der Waals surface area contributed by atoms with Gasteiger partial charge in [-0.05, 0) is 58.6 Å². The van der Waals surface area contributed by atoms with E-state index in [2.05, 4.69) is 84.9 Å². The van der Waals surface area contributed by atoms with Gasteiger partial charge in [0.05, 0.1) is 0 Å². The average Bonchev–Trinajstić information content (AvgIpc) is 2.38. The first-order chi connectivity index (χ1) is 9.70. The fourth-order valence-electron chi connectivity index (χ4n) is 2.67. The zero-order valence-electron chi connectivity index (χ0n) is 14.5. The molecule has 0 saturated heterocycles. The van der Waals surface area contributed by atoms with Crippen LogP contribution in [-0.4, -0.2) is 0 Å². The van der Waals surface area contributed by atoms with E-state index in [1.165, 1.54) is 33.4 Å². The Morgan fingerprint density at radius 1 is 0.762 bits per heavy atom. The second-order valence-electron chi connectivity index (χ2n) is 7.51. The molecule has 0 saturated carbocycles. The van der Waals surface area contributed by atoms with Crippen LogP contribution in [0.25, 0.3) is 11.1 Å². The largest absolute Gasteiger partial charge is 0.0587 e. The van der Waals surface area contributed by atoms with Crippen LogP contribution in [0.4, 0.5) is 0 Å². The van der Waals surface area contributed by atoms with Gasteiger partial charge in [0.15, 0.2) is 0 Å². The van der Waals surface area contributed by atoms with Gasteiger partial charge in [0.1, 0.15) is 0 Å². The molecule has 0 fully saturated rings. The summed E-state index contributed by atoms with van der Waals surface area (Å²) in [5.41, 5.74) is 8.47. The summed E-state index contributed by atoms with van der Waals surface area (Å²) < 4.78 is 0. The molecule has 0 amide bonds. The Labute approximate surface area is 130 Å². The Morgan fingerprint density at radius 2 is 1.29 bits per heavy atom. The Morgan fingerprint density at radius 3 is 1.81 bits per heavy atom. The van der Waals surface area contributed by atoms with E-state index in [9.17, 15) is 0 Å². The molecule has 0 heterocycles. The van der Waals surface area contributed by atoms with E-state index in [-0.39, 0.29) is 5.41 Å². The maximum atomic E-state index is 2.38. The summed E-state index contributed by atoms with van der Waals surface area (Å²) in [6.07, 6.45) is 0. The van der Waals surface area contributed by atoms with Gasteiger partial charge in [0, 0.05) is 0 Å². The molecule has 2 aromatic carbocycles. The van der Waals surface area contributed by atoms with Gasteiger partial charge in [0.25, 0.3) is 0 Å². The van der Waals surface area contributed by atoms with Gasteiger partial charge < -0.3 is 0 Å². The summed E-state index contributed by atoms with van der Waals surface area (Å²) in [7, 11) is 0. The highest BCUT2D eigenvalue weighted by atomic mass is 14.2. The fourth-order valence-corrected chi connectivity index (χ4v) is 2.67. The molecule has 0 atom stereocenters. The molecule has 0 N–H and O–H groups in total. The zero-order chi connectivity index (χ0) is 15.8. The van der Waals surface area contributed by atoms with Gasteiger partial charge in [-0.3, -0.25) is 0 Å². The van der Waals surface area contributed by atoms with Crippen LogP contribution in [0.2, 0.25) is 0 Å². The Balaban J connectivity index is 2.63. The van der Waals surface area contributed by atoms with E-state index in [4.69, 9.17) is 0 Å². The lowest BCUT2D eigenvalue weighted by atomic mass is 9.83.